The number of aromatic nitrogens is 1. The molecule has 0 N–H and O–H groups in total. The molecular formula is C24H19Cl2F2N3O4. The highest BCUT2D eigenvalue weighted by Gasteiger charge is 2.20. The number of ether oxygens (including phenoxy) is 1. The summed E-state index contributed by atoms with van der Waals surface area (Å²) in [5.74, 6) is -1.99. The van der Waals surface area contributed by atoms with E-state index >= 15 is 0 Å². The number of pyridine rings is 1. The lowest BCUT2D eigenvalue weighted by atomic mass is 10.0. The standard InChI is InChI=1S/C24H19Cl2F2N3O4/c25-18-2-1-3-19(26)24(18)31-13-15(4-7-21(31)32)23(17-6-5-16(27)12-20(17)28)29-35-14-22(33)30-8-10-34-11-9-30/h1-7,12-13H,8-11,14H2/b29-23+. The van der Waals surface area contributed by atoms with Gasteiger partial charge in [-0.3, -0.25) is 14.2 Å². The van der Waals surface area contributed by atoms with Crippen molar-refractivity contribution < 1.29 is 23.1 Å². The Balaban J connectivity index is 1.73. The van der Waals surface area contributed by atoms with Gasteiger partial charge in [0.25, 0.3) is 11.5 Å². The van der Waals surface area contributed by atoms with Gasteiger partial charge in [0, 0.05) is 42.5 Å². The monoisotopic (exact) mass is 521 g/mol. The van der Waals surface area contributed by atoms with Crippen molar-refractivity contribution in [2.24, 2.45) is 5.16 Å². The molecule has 1 fully saturated rings. The maximum atomic E-state index is 14.7. The van der Waals surface area contributed by atoms with Crippen molar-refractivity contribution in [2.75, 3.05) is 32.9 Å². The number of morpholine rings is 1. The summed E-state index contributed by atoms with van der Waals surface area (Å²) < 4.78 is 34.7. The van der Waals surface area contributed by atoms with E-state index in [0.717, 1.165) is 6.07 Å². The largest absolute Gasteiger partial charge is 0.385 e. The lowest BCUT2D eigenvalue weighted by Crippen LogP contribution is -2.42. The molecular weight excluding hydrogens is 503 g/mol. The van der Waals surface area contributed by atoms with E-state index in [1.165, 1.54) is 29.0 Å². The van der Waals surface area contributed by atoms with Gasteiger partial charge in [-0.05, 0) is 30.3 Å². The van der Waals surface area contributed by atoms with Gasteiger partial charge in [-0.15, -0.1) is 0 Å². The van der Waals surface area contributed by atoms with E-state index in [-0.39, 0.29) is 38.5 Å². The highest BCUT2D eigenvalue weighted by Crippen LogP contribution is 2.27. The first kappa shape index (κ1) is 24.8. The Hall–Kier alpha value is -3.27. The number of carbonyl (C=O) groups excluding carboxylic acids is 1. The minimum atomic E-state index is -0.902. The van der Waals surface area contributed by atoms with Gasteiger partial charge in [-0.2, -0.15) is 0 Å². The fourth-order valence-corrected chi connectivity index (χ4v) is 4.10. The molecule has 0 spiro atoms. The van der Waals surface area contributed by atoms with E-state index in [9.17, 15) is 18.4 Å². The second-order valence-corrected chi connectivity index (χ2v) is 8.34. The molecule has 1 aromatic heterocycles. The molecule has 2 aromatic carbocycles. The molecule has 1 amide bonds. The van der Waals surface area contributed by atoms with Crippen molar-refractivity contribution in [3.63, 3.8) is 0 Å². The van der Waals surface area contributed by atoms with Crippen LogP contribution in [0.3, 0.4) is 0 Å². The third kappa shape index (κ3) is 5.70. The number of hydrogen-bond acceptors (Lipinski definition) is 5. The predicted molar refractivity (Wildman–Crippen MR) is 127 cm³/mol. The smallest absolute Gasteiger partial charge is 0.263 e. The lowest BCUT2D eigenvalue weighted by molar-refractivity contribution is -0.140. The van der Waals surface area contributed by atoms with Crippen LogP contribution in [-0.2, 0) is 14.4 Å². The molecule has 2 heterocycles. The van der Waals surface area contributed by atoms with Crippen LogP contribution in [-0.4, -0.2) is 54.0 Å². The van der Waals surface area contributed by atoms with Gasteiger partial charge in [0.05, 0.1) is 28.9 Å². The summed E-state index contributed by atoms with van der Waals surface area (Å²) in [4.78, 5) is 31.9. The van der Waals surface area contributed by atoms with Crippen LogP contribution in [0.25, 0.3) is 5.69 Å². The second kappa shape index (κ2) is 11.0. The summed E-state index contributed by atoms with van der Waals surface area (Å²) in [6, 6.07) is 10.3. The van der Waals surface area contributed by atoms with Gasteiger partial charge < -0.3 is 14.5 Å². The second-order valence-electron chi connectivity index (χ2n) is 7.53. The van der Waals surface area contributed by atoms with Crippen LogP contribution in [0.5, 0.6) is 0 Å². The first-order valence-corrected chi connectivity index (χ1v) is 11.3. The van der Waals surface area contributed by atoms with Crippen LogP contribution in [0, 0.1) is 11.6 Å². The van der Waals surface area contributed by atoms with Crippen molar-refractivity contribution in [3.05, 3.63) is 97.9 Å². The maximum Gasteiger partial charge on any atom is 0.263 e. The molecule has 1 aliphatic rings. The summed E-state index contributed by atoms with van der Waals surface area (Å²) in [6.07, 6.45) is 1.37. The van der Waals surface area contributed by atoms with Crippen LogP contribution in [0.2, 0.25) is 10.0 Å². The molecule has 0 unspecified atom stereocenters. The molecule has 4 rings (SSSR count). The molecule has 0 radical (unpaired) electrons. The van der Waals surface area contributed by atoms with Crippen LogP contribution in [0.1, 0.15) is 11.1 Å². The average molecular weight is 522 g/mol. The normalized spacial score (nSPS) is 14.2. The molecule has 0 saturated carbocycles. The molecule has 35 heavy (non-hydrogen) atoms. The van der Waals surface area contributed by atoms with E-state index in [4.69, 9.17) is 32.8 Å². The number of carbonyl (C=O) groups is 1. The highest BCUT2D eigenvalue weighted by atomic mass is 35.5. The average Bonchev–Trinajstić information content (AvgIpc) is 2.84. The molecule has 3 aromatic rings. The highest BCUT2D eigenvalue weighted by molar-refractivity contribution is 6.37. The fourth-order valence-electron chi connectivity index (χ4n) is 3.52. The summed E-state index contributed by atoms with van der Waals surface area (Å²) in [5.41, 5.74) is -0.143. The Morgan fingerprint density at radius 1 is 1.06 bits per heavy atom. The van der Waals surface area contributed by atoms with Crippen LogP contribution < -0.4 is 5.56 Å². The number of hydrogen-bond donors (Lipinski definition) is 0. The Labute approximate surface area is 209 Å². The van der Waals surface area contributed by atoms with Gasteiger partial charge in [-0.25, -0.2) is 8.78 Å². The van der Waals surface area contributed by atoms with Crippen molar-refractivity contribution in [1.29, 1.82) is 0 Å². The van der Waals surface area contributed by atoms with E-state index < -0.39 is 23.8 Å². The first-order chi connectivity index (χ1) is 16.8. The molecule has 0 aliphatic carbocycles. The molecule has 11 heteroatoms. The minimum absolute atomic E-state index is 0.0609. The molecule has 0 atom stereocenters. The Morgan fingerprint density at radius 3 is 2.46 bits per heavy atom. The van der Waals surface area contributed by atoms with Gasteiger partial charge in [0.15, 0.2) is 6.61 Å². The predicted octanol–water partition coefficient (Wildman–Crippen LogP) is 4.05. The molecule has 182 valence electrons. The summed E-state index contributed by atoms with van der Waals surface area (Å²) in [7, 11) is 0. The first-order valence-electron chi connectivity index (χ1n) is 10.5. The van der Waals surface area contributed by atoms with Crippen LogP contribution in [0.15, 0.2) is 64.7 Å². The SMILES string of the molecule is O=C(CO/N=C(\c1ccc(=O)n(-c2c(Cl)cccc2Cl)c1)c1ccc(F)cc1F)N1CCOCC1. The number of halogens is 4. The lowest BCUT2D eigenvalue weighted by Gasteiger charge is -2.26. The van der Waals surface area contributed by atoms with Gasteiger partial charge >= 0.3 is 0 Å². The number of amides is 1. The van der Waals surface area contributed by atoms with Crippen molar-refractivity contribution in [1.82, 2.24) is 9.47 Å². The molecule has 1 saturated heterocycles. The topological polar surface area (TPSA) is 73.1 Å². The van der Waals surface area contributed by atoms with E-state index in [2.05, 4.69) is 5.16 Å². The summed E-state index contributed by atoms with van der Waals surface area (Å²) in [6.45, 7) is 1.30. The number of benzene rings is 2. The zero-order valence-corrected chi connectivity index (χ0v) is 19.7. The van der Waals surface area contributed by atoms with Crippen molar-refractivity contribution in [3.8, 4) is 5.69 Å². The summed E-state index contributed by atoms with van der Waals surface area (Å²) in [5, 5.41) is 4.43. The number of para-hydroxylation sites is 1. The third-order valence-corrected chi connectivity index (χ3v) is 5.87. The van der Waals surface area contributed by atoms with Crippen molar-refractivity contribution >= 4 is 34.8 Å². The number of nitrogens with zero attached hydrogens (tertiary/aromatic N) is 3. The van der Waals surface area contributed by atoms with E-state index in [0.29, 0.717) is 32.4 Å². The van der Waals surface area contributed by atoms with Gasteiger partial charge in [-0.1, -0.05) is 34.4 Å². The molecule has 0 bridgehead atoms. The van der Waals surface area contributed by atoms with Gasteiger partial charge in [0.1, 0.15) is 17.3 Å². The third-order valence-electron chi connectivity index (χ3n) is 5.26. The molecule has 7 nitrogen and oxygen atoms in total. The van der Waals surface area contributed by atoms with Crippen molar-refractivity contribution in [2.45, 2.75) is 0 Å². The van der Waals surface area contributed by atoms with E-state index in [1.807, 2.05) is 0 Å². The number of oxime groups is 1. The number of rotatable bonds is 6. The van der Waals surface area contributed by atoms with Gasteiger partial charge in [0.2, 0.25) is 0 Å². The van der Waals surface area contributed by atoms with Crippen LogP contribution >= 0.6 is 23.2 Å². The fraction of sp³-hybridized carbons (Fsp3) is 0.208. The summed E-state index contributed by atoms with van der Waals surface area (Å²) >= 11 is 12.5. The minimum Gasteiger partial charge on any atom is -0.385 e. The zero-order valence-electron chi connectivity index (χ0n) is 18.2. The van der Waals surface area contributed by atoms with E-state index in [1.54, 1.807) is 23.1 Å². The molecule has 1 aliphatic heterocycles. The Kier molecular flexibility index (Phi) is 7.80. The quantitative estimate of drug-likeness (QED) is 0.362. The Morgan fingerprint density at radius 2 is 1.77 bits per heavy atom. The maximum absolute atomic E-state index is 14.7. The Bertz CT molecular complexity index is 1320. The zero-order chi connectivity index (χ0) is 24.9. The van der Waals surface area contributed by atoms with Crippen LogP contribution in [0.4, 0.5) is 8.78 Å².